The second-order valence-corrected chi connectivity index (χ2v) is 6.34. The molecule has 0 radical (unpaired) electrons. The molecule has 0 saturated heterocycles. The molecule has 1 amide bonds. The van der Waals surface area contributed by atoms with Crippen LogP contribution in [0.3, 0.4) is 0 Å². The Kier molecular flexibility index (Phi) is 4.06. The van der Waals surface area contributed by atoms with Gasteiger partial charge in [-0.25, -0.2) is 0 Å². The minimum atomic E-state index is -0.0979. The minimum Gasteiger partial charge on any atom is -0.421 e. The Morgan fingerprint density at radius 1 is 1.16 bits per heavy atom. The second-order valence-electron chi connectivity index (χ2n) is 6.34. The molecular weight excluding hydrogens is 314 g/mol. The number of carbonyl (C=O) groups excluding carboxylic acids is 1. The topological polar surface area (TPSA) is 68.0 Å². The Bertz CT molecular complexity index is 917. The number of nitrogens with zero attached hydrogens (tertiary/aromatic N) is 2. The highest BCUT2D eigenvalue weighted by atomic mass is 16.4. The maximum Gasteiger partial charge on any atom is 0.247 e. The molecule has 3 aromatic rings. The van der Waals surface area contributed by atoms with Crippen LogP contribution in [0.15, 0.2) is 52.9 Å². The van der Waals surface area contributed by atoms with E-state index in [1.807, 2.05) is 36.4 Å². The fourth-order valence-corrected chi connectivity index (χ4v) is 3.40. The van der Waals surface area contributed by atoms with E-state index in [4.69, 9.17) is 4.42 Å². The Hall–Kier alpha value is -2.95. The van der Waals surface area contributed by atoms with Crippen molar-refractivity contribution in [2.75, 3.05) is 5.32 Å². The largest absolute Gasteiger partial charge is 0.421 e. The smallest absolute Gasteiger partial charge is 0.247 e. The molecule has 4 rings (SSSR count). The molecule has 1 aliphatic carbocycles. The summed E-state index contributed by atoms with van der Waals surface area (Å²) in [4.78, 5) is 12.8. The molecule has 1 aromatic heterocycles. The van der Waals surface area contributed by atoms with Crippen molar-refractivity contribution in [1.82, 2.24) is 10.2 Å². The summed E-state index contributed by atoms with van der Waals surface area (Å²) in [6.07, 6.45) is 2.97. The monoisotopic (exact) mass is 333 g/mol. The number of aromatic nitrogens is 2. The van der Waals surface area contributed by atoms with Crippen LogP contribution in [-0.4, -0.2) is 16.1 Å². The first kappa shape index (κ1) is 15.6. The normalized spacial score (nSPS) is 16.3. The molecule has 0 saturated carbocycles. The van der Waals surface area contributed by atoms with E-state index in [0.717, 1.165) is 36.1 Å². The van der Waals surface area contributed by atoms with Crippen molar-refractivity contribution in [3.63, 3.8) is 0 Å². The molecule has 2 aromatic carbocycles. The average molecular weight is 333 g/mol. The lowest BCUT2D eigenvalue weighted by atomic mass is 9.82. The molecule has 0 bridgehead atoms. The van der Waals surface area contributed by atoms with Crippen molar-refractivity contribution >= 4 is 11.6 Å². The van der Waals surface area contributed by atoms with Crippen molar-refractivity contribution in [1.29, 1.82) is 0 Å². The molecule has 1 atom stereocenters. The predicted octanol–water partition coefficient (Wildman–Crippen LogP) is 4.10. The lowest BCUT2D eigenvalue weighted by molar-refractivity contribution is -0.117. The number of carbonyl (C=O) groups is 1. The third kappa shape index (κ3) is 3.18. The molecule has 1 N–H and O–H groups in total. The summed E-state index contributed by atoms with van der Waals surface area (Å²) in [5.41, 5.74) is 3.96. The number of rotatable bonds is 3. The second kappa shape index (κ2) is 6.51. The first-order chi connectivity index (χ1) is 12.2. The van der Waals surface area contributed by atoms with Gasteiger partial charge in [-0.1, -0.05) is 30.3 Å². The van der Waals surface area contributed by atoms with E-state index in [9.17, 15) is 4.79 Å². The minimum absolute atomic E-state index is 0.0333. The van der Waals surface area contributed by atoms with E-state index in [2.05, 4.69) is 27.6 Å². The van der Waals surface area contributed by atoms with Gasteiger partial charge in [0.2, 0.25) is 17.7 Å². The van der Waals surface area contributed by atoms with Crippen molar-refractivity contribution in [3.8, 4) is 11.5 Å². The van der Waals surface area contributed by atoms with Crippen LogP contribution in [-0.2, 0) is 11.2 Å². The highest BCUT2D eigenvalue weighted by Gasteiger charge is 2.26. The Balaban J connectivity index is 1.56. The number of amides is 1. The van der Waals surface area contributed by atoms with E-state index >= 15 is 0 Å². The fraction of sp³-hybridized carbons (Fsp3) is 0.250. The molecule has 0 spiro atoms. The highest BCUT2D eigenvalue weighted by molar-refractivity contribution is 5.96. The van der Waals surface area contributed by atoms with Crippen LogP contribution < -0.4 is 5.32 Å². The maximum atomic E-state index is 12.8. The highest BCUT2D eigenvalue weighted by Crippen LogP contribution is 2.32. The lowest BCUT2D eigenvalue weighted by Gasteiger charge is -2.24. The van der Waals surface area contributed by atoms with E-state index in [0.29, 0.717) is 11.8 Å². The Labute approximate surface area is 146 Å². The number of aryl methyl sites for hydroxylation is 2. The summed E-state index contributed by atoms with van der Waals surface area (Å²) in [6.45, 7) is 1.75. The zero-order chi connectivity index (χ0) is 17.2. The van der Waals surface area contributed by atoms with Gasteiger partial charge in [0.25, 0.3) is 0 Å². The molecule has 0 unspecified atom stereocenters. The average Bonchev–Trinajstić information content (AvgIpc) is 3.08. The van der Waals surface area contributed by atoms with Gasteiger partial charge in [0.05, 0.1) is 5.92 Å². The van der Waals surface area contributed by atoms with Gasteiger partial charge in [-0.15, -0.1) is 10.2 Å². The first-order valence-corrected chi connectivity index (χ1v) is 8.50. The van der Waals surface area contributed by atoms with Crippen LogP contribution in [0.1, 0.15) is 35.8 Å². The van der Waals surface area contributed by atoms with Crippen molar-refractivity contribution in [2.45, 2.75) is 32.1 Å². The van der Waals surface area contributed by atoms with E-state index in [1.165, 1.54) is 5.56 Å². The third-order valence-corrected chi connectivity index (χ3v) is 4.59. The predicted molar refractivity (Wildman–Crippen MR) is 95.2 cm³/mol. The van der Waals surface area contributed by atoms with Gasteiger partial charge in [0.1, 0.15) is 0 Å². The van der Waals surface area contributed by atoms with E-state index in [1.54, 1.807) is 6.92 Å². The zero-order valence-electron chi connectivity index (χ0n) is 14.0. The van der Waals surface area contributed by atoms with Gasteiger partial charge in [-0.05, 0) is 48.6 Å². The van der Waals surface area contributed by atoms with Gasteiger partial charge in [-0.2, -0.15) is 0 Å². The van der Waals surface area contributed by atoms with Gasteiger partial charge in [0.15, 0.2) is 0 Å². The Morgan fingerprint density at radius 2 is 2.04 bits per heavy atom. The fourth-order valence-electron chi connectivity index (χ4n) is 3.40. The molecular formula is C20H19N3O2. The van der Waals surface area contributed by atoms with Gasteiger partial charge >= 0.3 is 0 Å². The van der Waals surface area contributed by atoms with Crippen molar-refractivity contribution in [3.05, 3.63) is 65.5 Å². The standard InChI is InChI=1S/C20H19N3O2/c1-13-22-23-20(25-13)15-8-4-9-16(12-15)21-19(24)18-11-5-7-14-6-2-3-10-17(14)18/h2-4,6,8-10,12,18H,5,7,11H2,1H3,(H,21,24)/t18-/m1/s1. The number of hydrogen-bond donors (Lipinski definition) is 1. The van der Waals surface area contributed by atoms with E-state index in [-0.39, 0.29) is 11.8 Å². The summed E-state index contributed by atoms with van der Waals surface area (Å²) < 4.78 is 5.46. The quantitative estimate of drug-likeness (QED) is 0.783. The molecule has 0 aliphatic heterocycles. The van der Waals surface area contributed by atoms with Gasteiger partial charge < -0.3 is 9.73 Å². The van der Waals surface area contributed by atoms with E-state index < -0.39 is 0 Å². The maximum absolute atomic E-state index is 12.8. The first-order valence-electron chi connectivity index (χ1n) is 8.50. The summed E-state index contributed by atoms with van der Waals surface area (Å²) in [5, 5.41) is 10.9. The van der Waals surface area contributed by atoms with Crippen LogP contribution in [0, 0.1) is 6.92 Å². The number of benzene rings is 2. The molecule has 0 fully saturated rings. The van der Waals surface area contributed by atoms with Crippen LogP contribution >= 0.6 is 0 Å². The number of anilines is 1. The number of hydrogen-bond acceptors (Lipinski definition) is 4. The molecule has 126 valence electrons. The van der Waals surface area contributed by atoms with Gasteiger partial charge in [-0.3, -0.25) is 4.79 Å². The van der Waals surface area contributed by atoms with Crippen LogP contribution in [0.25, 0.3) is 11.5 Å². The van der Waals surface area contributed by atoms with Crippen molar-refractivity contribution < 1.29 is 9.21 Å². The summed E-state index contributed by atoms with van der Waals surface area (Å²) in [5.74, 6) is 0.908. The van der Waals surface area contributed by atoms with Crippen LogP contribution in [0.4, 0.5) is 5.69 Å². The Morgan fingerprint density at radius 3 is 2.88 bits per heavy atom. The SMILES string of the molecule is Cc1nnc(-c2cccc(NC(=O)[C@@H]3CCCc4ccccc43)c2)o1. The van der Waals surface area contributed by atoms with Gasteiger partial charge in [0, 0.05) is 18.2 Å². The number of fused-ring (bicyclic) bond motifs is 1. The number of nitrogens with one attached hydrogen (secondary N) is 1. The summed E-state index contributed by atoms with van der Waals surface area (Å²) in [6, 6.07) is 15.7. The third-order valence-electron chi connectivity index (χ3n) is 4.59. The molecule has 25 heavy (non-hydrogen) atoms. The summed E-state index contributed by atoms with van der Waals surface area (Å²) in [7, 11) is 0. The molecule has 5 heteroatoms. The molecule has 1 heterocycles. The van der Waals surface area contributed by atoms with Crippen LogP contribution in [0.5, 0.6) is 0 Å². The summed E-state index contributed by atoms with van der Waals surface area (Å²) >= 11 is 0. The molecule has 1 aliphatic rings. The lowest BCUT2D eigenvalue weighted by Crippen LogP contribution is -2.24. The van der Waals surface area contributed by atoms with Crippen molar-refractivity contribution in [2.24, 2.45) is 0 Å². The molecule has 5 nitrogen and oxygen atoms in total. The zero-order valence-corrected chi connectivity index (χ0v) is 14.0. The van der Waals surface area contributed by atoms with Crippen LogP contribution in [0.2, 0.25) is 0 Å².